The minimum Gasteiger partial charge on any atom is -0.494 e. The van der Waals surface area contributed by atoms with Crippen LogP contribution >= 0.6 is 0 Å². The number of hydrogen-bond acceptors (Lipinski definition) is 3. The Balaban J connectivity index is 2.46. The maximum absolute atomic E-state index is 11.7. The summed E-state index contributed by atoms with van der Waals surface area (Å²) in [7, 11) is 0. The van der Waals surface area contributed by atoms with Gasteiger partial charge in [0.25, 0.3) is 0 Å². The lowest BCUT2D eigenvalue weighted by Gasteiger charge is -2.13. The molecule has 3 nitrogen and oxygen atoms in total. The minimum absolute atomic E-state index is 0.222. The standard InChI is InChI=1S/C16H18O3/c1-3-18-15-10-9-12-7-5-6-8-13(12)14(15)11-16(17)19-4-2/h5-10H,3-4,11H2,1-2H3. The van der Waals surface area contributed by atoms with Crippen LogP contribution in [0.4, 0.5) is 0 Å². The van der Waals surface area contributed by atoms with E-state index >= 15 is 0 Å². The normalized spacial score (nSPS) is 10.4. The largest absolute Gasteiger partial charge is 0.494 e. The third-order valence-corrected chi connectivity index (χ3v) is 2.92. The van der Waals surface area contributed by atoms with Crippen LogP contribution in [0.15, 0.2) is 36.4 Å². The number of fused-ring (bicyclic) bond motifs is 1. The Kier molecular flexibility index (Phi) is 4.39. The van der Waals surface area contributed by atoms with Crippen LogP contribution in [0.5, 0.6) is 5.75 Å². The van der Waals surface area contributed by atoms with E-state index in [4.69, 9.17) is 9.47 Å². The van der Waals surface area contributed by atoms with Crippen molar-refractivity contribution in [3.05, 3.63) is 42.0 Å². The van der Waals surface area contributed by atoms with Crippen LogP contribution in [0, 0.1) is 0 Å². The number of carbonyl (C=O) groups excluding carboxylic acids is 1. The van der Waals surface area contributed by atoms with E-state index in [0.717, 1.165) is 22.1 Å². The van der Waals surface area contributed by atoms with Gasteiger partial charge in [-0.1, -0.05) is 30.3 Å². The van der Waals surface area contributed by atoms with Crippen molar-refractivity contribution in [3.63, 3.8) is 0 Å². The van der Waals surface area contributed by atoms with Gasteiger partial charge in [-0.15, -0.1) is 0 Å². The fourth-order valence-electron chi connectivity index (χ4n) is 2.15. The molecule has 2 aromatic carbocycles. The van der Waals surface area contributed by atoms with Gasteiger partial charge in [0, 0.05) is 5.56 Å². The fraction of sp³-hybridized carbons (Fsp3) is 0.312. The second-order valence-electron chi connectivity index (χ2n) is 4.18. The molecular formula is C16H18O3. The molecule has 0 spiro atoms. The predicted molar refractivity (Wildman–Crippen MR) is 75.5 cm³/mol. The summed E-state index contributed by atoms with van der Waals surface area (Å²) in [5, 5.41) is 2.15. The summed E-state index contributed by atoms with van der Waals surface area (Å²) in [6.45, 7) is 4.72. The molecule has 2 aromatic rings. The molecule has 19 heavy (non-hydrogen) atoms. The van der Waals surface area contributed by atoms with E-state index in [9.17, 15) is 4.79 Å². The van der Waals surface area contributed by atoms with E-state index < -0.39 is 0 Å². The van der Waals surface area contributed by atoms with E-state index in [1.165, 1.54) is 0 Å². The highest BCUT2D eigenvalue weighted by atomic mass is 16.5. The van der Waals surface area contributed by atoms with Crippen molar-refractivity contribution < 1.29 is 14.3 Å². The number of carbonyl (C=O) groups is 1. The topological polar surface area (TPSA) is 35.5 Å². The summed E-state index contributed by atoms with van der Waals surface area (Å²) < 4.78 is 10.6. The van der Waals surface area contributed by atoms with Gasteiger partial charge in [-0.3, -0.25) is 4.79 Å². The number of rotatable bonds is 5. The SMILES string of the molecule is CCOC(=O)Cc1c(OCC)ccc2ccccc12. The molecule has 0 unspecified atom stereocenters. The van der Waals surface area contributed by atoms with Gasteiger partial charge < -0.3 is 9.47 Å². The summed E-state index contributed by atoms with van der Waals surface area (Å²) in [5.41, 5.74) is 0.901. The van der Waals surface area contributed by atoms with E-state index in [-0.39, 0.29) is 12.4 Å². The first kappa shape index (κ1) is 13.4. The second kappa shape index (κ2) is 6.23. The van der Waals surface area contributed by atoms with Crippen LogP contribution in [-0.2, 0) is 16.0 Å². The lowest BCUT2D eigenvalue weighted by molar-refractivity contribution is -0.142. The Hall–Kier alpha value is -2.03. The summed E-state index contributed by atoms with van der Waals surface area (Å²) in [6.07, 6.45) is 0.241. The Morgan fingerprint density at radius 2 is 1.84 bits per heavy atom. The monoisotopic (exact) mass is 258 g/mol. The Labute approximate surface area is 113 Å². The molecule has 0 N–H and O–H groups in total. The third-order valence-electron chi connectivity index (χ3n) is 2.92. The second-order valence-corrected chi connectivity index (χ2v) is 4.18. The van der Waals surface area contributed by atoms with E-state index in [2.05, 4.69) is 0 Å². The van der Waals surface area contributed by atoms with Crippen LogP contribution in [-0.4, -0.2) is 19.2 Å². The van der Waals surface area contributed by atoms with E-state index in [1.807, 2.05) is 50.2 Å². The number of hydrogen-bond donors (Lipinski definition) is 0. The van der Waals surface area contributed by atoms with Gasteiger partial charge >= 0.3 is 5.97 Å². The van der Waals surface area contributed by atoms with Crippen LogP contribution in [0.25, 0.3) is 10.8 Å². The van der Waals surface area contributed by atoms with Crippen molar-refractivity contribution in [2.75, 3.05) is 13.2 Å². The van der Waals surface area contributed by atoms with E-state index in [1.54, 1.807) is 0 Å². The lowest BCUT2D eigenvalue weighted by atomic mass is 10.0. The Morgan fingerprint density at radius 3 is 2.58 bits per heavy atom. The van der Waals surface area contributed by atoms with Crippen LogP contribution < -0.4 is 4.74 Å². The summed E-state index contributed by atoms with van der Waals surface area (Å²) in [6, 6.07) is 11.9. The van der Waals surface area contributed by atoms with Gasteiger partial charge in [0.1, 0.15) is 5.75 Å². The van der Waals surface area contributed by atoms with Crippen molar-refractivity contribution in [3.8, 4) is 5.75 Å². The molecule has 3 heteroatoms. The smallest absolute Gasteiger partial charge is 0.310 e. The Bertz CT molecular complexity index is 575. The van der Waals surface area contributed by atoms with Gasteiger partial charge in [0.05, 0.1) is 19.6 Å². The highest BCUT2D eigenvalue weighted by Crippen LogP contribution is 2.28. The maximum Gasteiger partial charge on any atom is 0.310 e. The molecule has 0 heterocycles. The zero-order valence-electron chi connectivity index (χ0n) is 11.3. The van der Waals surface area contributed by atoms with Crippen molar-refractivity contribution in [2.24, 2.45) is 0 Å². The van der Waals surface area contributed by atoms with Crippen LogP contribution in [0.2, 0.25) is 0 Å². The lowest BCUT2D eigenvalue weighted by Crippen LogP contribution is -2.09. The highest BCUT2D eigenvalue weighted by molar-refractivity contribution is 5.91. The molecule has 0 saturated heterocycles. The van der Waals surface area contributed by atoms with Gasteiger partial charge in [-0.2, -0.15) is 0 Å². The first-order valence-electron chi connectivity index (χ1n) is 6.55. The zero-order chi connectivity index (χ0) is 13.7. The molecule has 100 valence electrons. The summed E-state index contributed by atoms with van der Waals surface area (Å²) >= 11 is 0. The molecule has 0 aliphatic carbocycles. The number of benzene rings is 2. The number of ether oxygens (including phenoxy) is 2. The van der Waals surface area contributed by atoms with Crippen molar-refractivity contribution in [2.45, 2.75) is 20.3 Å². The third kappa shape index (κ3) is 3.05. The molecule has 0 radical (unpaired) electrons. The van der Waals surface area contributed by atoms with Crippen LogP contribution in [0.3, 0.4) is 0 Å². The molecule has 0 aromatic heterocycles. The molecule has 0 bridgehead atoms. The van der Waals surface area contributed by atoms with Crippen molar-refractivity contribution >= 4 is 16.7 Å². The molecule has 0 saturated carbocycles. The molecule has 0 fully saturated rings. The van der Waals surface area contributed by atoms with Gasteiger partial charge in [-0.05, 0) is 30.7 Å². The summed E-state index contributed by atoms with van der Waals surface area (Å²) in [4.78, 5) is 11.7. The van der Waals surface area contributed by atoms with Gasteiger partial charge in [0.15, 0.2) is 0 Å². The molecule has 0 atom stereocenters. The average Bonchev–Trinajstić information content (AvgIpc) is 2.42. The molecule has 0 aliphatic rings. The van der Waals surface area contributed by atoms with Gasteiger partial charge in [-0.25, -0.2) is 0 Å². The number of esters is 1. The highest BCUT2D eigenvalue weighted by Gasteiger charge is 2.13. The van der Waals surface area contributed by atoms with Crippen molar-refractivity contribution in [1.82, 2.24) is 0 Å². The predicted octanol–water partition coefficient (Wildman–Crippen LogP) is 3.34. The quantitative estimate of drug-likeness (QED) is 0.771. The first-order valence-corrected chi connectivity index (χ1v) is 6.55. The maximum atomic E-state index is 11.7. The Morgan fingerprint density at radius 1 is 1.05 bits per heavy atom. The van der Waals surface area contributed by atoms with Gasteiger partial charge in [0.2, 0.25) is 0 Å². The molecule has 2 rings (SSSR count). The summed E-state index contributed by atoms with van der Waals surface area (Å²) in [5.74, 6) is 0.536. The first-order chi connectivity index (χ1) is 9.26. The molecule has 0 aliphatic heterocycles. The fourth-order valence-corrected chi connectivity index (χ4v) is 2.15. The van der Waals surface area contributed by atoms with E-state index in [0.29, 0.717) is 13.2 Å². The zero-order valence-corrected chi connectivity index (χ0v) is 11.3. The van der Waals surface area contributed by atoms with Crippen LogP contribution in [0.1, 0.15) is 19.4 Å². The van der Waals surface area contributed by atoms with Crippen molar-refractivity contribution in [1.29, 1.82) is 0 Å². The minimum atomic E-state index is -0.222. The molecule has 0 amide bonds. The average molecular weight is 258 g/mol. The molecular weight excluding hydrogens is 240 g/mol.